The number of benzene rings is 1. The minimum Gasteiger partial charge on any atom is -0.478 e. The summed E-state index contributed by atoms with van der Waals surface area (Å²) in [4.78, 5) is 21.1. The summed E-state index contributed by atoms with van der Waals surface area (Å²) >= 11 is 0. The first-order valence-corrected chi connectivity index (χ1v) is 5.52. The first-order valence-electron chi connectivity index (χ1n) is 5.52. The zero-order chi connectivity index (χ0) is 13.8. The van der Waals surface area contributed by atoms with Crippen molar-refractivity contribution in [3.8, 4) is 0 Å². The lowest BCUT2D eigenvalue weighted by atomic mass is 9.85. The van der Waals surface area contributed by atoms with Crippen molar-refractivity contribution in [3.63, 3.8) is 0 Å². The van der Waals surface area contributed by atoms with E-state index in [1.807, 2.05) is 18.4 Å². The third-order valence-electron chi connectivity index (χ3n) is 2.47. The van der Waals surface area contributed by atoms with Crippen molar-refractivity contribution in [2.75, 3.05) is 0 Å². The molecule has 0 heterocycles. The highest BCUT2D eigenvalue weighted by Crippen LogP contribution is 2.24. The molecule has 0 fully saturated rings. The fourth-order valence-electron chi connectivity index (χ4n) is 1.44. The minimum atomic E-state index is -1.07. The van der Waals surface area contributed by atoms with Crippen LogP contribution in [-0.2, 0) is 15.0 Å². The zero-order valence-electron chi connectivity index (χ0n) is 10.7. The van der Waals surface area contributed by atoms with E-state index in [0.717, 1.165) is 11.6 Å². The van der Waals surface area contributed by atoms with Gasteiger partial charge in [-0.15, -0.1) is 5.73 Å². The van der Waals surface area contributed by atoms with Gasteiger partial charge in [0.15, 0.2) is 0 Å². The maximum absolute atomic E-state index is 10.8. The molecule has 1 N–H and O–H groups in total. The van der Waals surface area contributed by atoms with Crippen LogP contribution in [0.25, 0.3) is 6.08 Å². The fourth-order valence-corrected chi connectivity index (χ4v) is 1.44. The minimum absolute atomic E-state index is 0.0412. The van der Waals surface area contributed by atoms with Crippen molar-refractivity contribution in [1.29, 1.82) is 0 Å². The molecule has 1 rings (SSSR count). The first-order chi connectivity index (χ1) is 8.34. The average molecular weight is 243 g/mol. The Bertz CT molecular complexity index is 527. The van der Waals surface area contributed by atoms with Crippen molar-refractivity contribution in [2.45, 2.75) is 26.2 Å². The Morgan fingerprint density at radius 1 is 1.33 bits per heavy atom. The second-order valence-electron chi connectivity index (χ2n) is 4.95. The number of carboxylic acid groups (broad SMARTS) is 1. The summed E-state index contributed by atoms with van der Waals surface area (Å²) < 4.78 is 0. The van der Waals surface area contributed by atoms with E-state index in [0.29, 0.717) is 11.1 Å². The van der Waals surface area contributed by atoms with Gasteiger partial charge in [-0.1, -0.05) is 26.8 Å². The normalized spacial score (nSPS) is 10.4. The van der Waals surface area contributed by atoms with Crippen LogP contribution < -0.4 is 0 Å². The fraction of sp³-hybridized carbons (Fsp3) is 0.267. The lowest BCUT2D eigenvalue weighted by Crippen LogP contribution is -2.11. The summed E-state index contributed by atoms with van der Waals surface area (Å²) in [5, 5.41) is 8.49. The van der Waals surface area contributed by atoms with Crippen LogP contribution >= 0.6 is 0 Å². The highest BCUT2D eigenvalue weighted by atomic mass is 16.4. The summed E-state index contributed by atoms with van der Waals surface area (Å²) in [6.07, 6.45) is 4.21. The van der Waals surface area contributed by atoms with Crippen LogP contribution in [0.5, 0.6) is 0 Å². The average Bonchev–Trinajstić information content (AvgIpc) is 2.27. The topological polar surface area (TPSA) is 54.4 Å². The number of carbonyl (C=O) groups is 1. The maximum atomic E-state index is 10.8. The van der Waals surface area contributed by atoms with Crippen LogP contribution in [0.3, 0.4) is 0 Å². The smallest absolute Gasteiger partial charge is 0.336 e. The summed E-state index contributed by atoms with van der Waals surface area (Å²) in [5.74, 6) is -1.07. The largest absolute Gasteiger partial charge is 0.478 e. The molecule has 93 valence electrons. The van der Waals surface area contributed by atoms with Gasteiger partial charge in [0.1, 0.15) is 0 Å². The Balaban J connectivity index is 3.27. The Labute approximate surface area is 106 Å². The molecule has 0 atom stereocenters. The Hall–Kier alpha value is -2.12. The van der Waals surface area contributed by atoms with E-state index in [1.54, 1.807) is 6.07 Å². The van der Waals surface area contributed by atoms with Crippen LogP contribution in [0.15, 0.2) is 30.0 Å². The number of hydrogen-bond donors (Lipinski definition) is 1. The molecule has 1 radical (unpaired) electrons. The van der Waals surface area contributed by atoms with Gasteiger partial charge in [0, 0.05) is 5.56 Å². The predicted molar refractivity (Wildman–Crippen MR) is 70.1 cm³/mol. The van der Waals surface area contributed by atoms with Gasteiger partial charge in [0.2, 0.25) is 6.29 Å². The van der Waals surface area contributed by atoms with E-state index in [4.69, 9.17) is 5.11 Å². The molecule has 0 saturated carbocycles. The van der Waals surface area contributed by atoms with E-state index in [1.165, 1.54) is 6.08 Å². The van der Waals surface area contributed by atoms with Crippen LogP contribution in [0.4, 0.5) is 0 Å². The van der Waals surface area contributed by atoms with Gasteiger partial charge in [-0.05, 0) is 34.8 Å². The van der Waals surface area contributed by atoms with Crippen molar-refractivity contribution >= 4 is 18.3 Å². The second kappa shape index (κ2) is 5.48. The molecule has 1 aromatic carbocycles. The van der Waals surface area contributed by atoms with Crippen molar-refractivity contribution < 1.29 is 14.7 Å². The summed E-state index contributed by atoms with van der Waals surface area (Å²) in [5.41, 5.74) is 4.56. The molecular weight excluding hydrogens is 228 g/mol. The van der Waals surface area contributed by atoms with Gasteiger partial charge in [-0.25, -0.2) is 4.79 Å². The standard InChI is InChI=1S/C15H15O3/c1-15(2,3)13-8-7-12(10-16)11(9-13)5-4-6-14(17)18/h5-9H,1-3H3,(H,17,18). The van der Waals surface area contributed by atoms with Gasteiger partial charge in [0.05, 0.1) is 6.08 Å². The molecule has 3 heteroatoms. The van der Waals surface area contributed by atoms with E-state index >= 15 is 0 Å². The molecule has 0 saturated heterocycles. The van der Waals surface area contributed by atoms with Crippen molar-refractivity contribution in [2.24, 2.45) is 0 Å². The number of rotatable bonds is 3. The Kier molecular flexibility index (Phi) is 4.24. The van der Waals surface area contributed by atoms with E-state index in [2.05, 4.69) is 26.5 Å². The second-order valence-corrected chi connectivity index (χ2v) is 4.95. The molecule has 0 amide bonds. The Morgan fingerprint density at radius 2 is 2.00 bits per heavy atom. The molecule has 0 unspecified atom stereocenters. The van der Waals surface area contributed by atoms with E-state index in [-0.39, 0.29) is 5.41 Å². The molecule has 1 aromatic rings. The third-order valence-corrected chi connectivity index (χ3v) is 2.47. The van der Waals surface area contributed by atoms with Crippen LogP contribution in [0.1, 0.15) is 37.5 Å². The van der Waals surface area contributed by atoms with Gasteiger partial charge in [0.25, 0.3) is 0 Å². The van der Waals surface area contributed by atoms with Gasteiger partial charge in [-0.3, -0.25) is 4.79 Å². The maximum Gasteiger partial charge on any atom is 0.336 e. The molecule has 3 nitrogen and oxygen atoms in total. The highest BCUT2D eigenvalue weighted by Gasteiger charge is 2.14. The molecule has 0 aliphatic rings. The molecule has 0 spiro atoms. The van der Waals surface area contributed by atoms with E-state index in [9.17, 15) is 9.59 Å². The number of aliphatic carboxylic acids is 1. The van der Waals surface area contributed by atoms with Crippen LogP contribution in [-0.4, -0.2) is 17.4 Å². The summed E-state index contributed by atoms with van der Waals surface area (Å²) in [7, 11) is 0. The molecule has 0 aliphatic carbocycles. The lowest BCUT2D eigenvalue weighted by Gasteiger charge is -2.19. The SMILES string of the molecule is CC(C)(C)c1ccc([C]=O)c(C=C=CC(=O)O)c1. The Morgan fingerprint density at radius 3 is 2.50 bits per heavy atom. The molecule has 0 aromatic heterocycles. The van der Waals surface area contributed by atoms with Crippen LogP contribution in [0, 0.1) is 0 Å². The number of hydrogen-bond acceptors (Lipinski definition) is 2. The molecule has 0 aliphatic heterocycles. The van der Waals surface area contributed by atoms with Gasteiger partial charge >= 0.3 is 5.97 Å². The van der Waals surface area contributed by atoms with Gasteiger partial charge < -0.3 is 5.11 Å². The van der Waals surface area contributed by atoms with Crippen molar-refractivity contribution in [3.05, 3.63) is 46.7 Å². The van der Waals surface area contributed by atoms with Crippen LogP contribution in [0.2, 0.25) is 0 Å². The monoisotopic (exact) mass is 243 g/mol. The lowest BCUT2D eigenvalue weighted by molar-refractivity contribution is -0.131. The highest BCUT2D eigenvalue weighted by molar-refractivity contribution is 5.84. The number of carboxylic acids is 1. The first kappa shape index (κ1) is 13.9. The molecule has 18 heavy (non-hydrogen) atoms. The summed E-state index contributed by atoms with van der Waals surface area (Å²) in [6, 6.07) is 5.41. The molecular formula is C15H15O3. The third kappa shape index (κ3) is 3.72. The van der Waals surface area contributed by atoms with Crippen molar-refractivity contribution in [1.82, 2.24) is 0 Å². The van der Waals surface area contributed by atoms with E-state index < -0.39 is 5.97 Å². The molecule has 0 bridgehead atoms. The zero-order valence-corrected chi connectivity index (χ0v) is 10.7. The quantitative estimate of drug-likeness (QED) is 0.656. The predicted octanol–water partition coefficient (Wildman–Crippen LogP) is 2.69. The summed E-state index contributed by atoms with van der Waals surface area (Å²) in [6.45, 7) is 6.19. The van der Waals surface area contributed by atoms with Gasteiger partial charge in [-0.2, -0.15) is 0 Å². The number of carbonyl (C=O) groups excluding carboxylic acids is 1.